The number of likely N-dealkylation sites (N-methyl/N-ethyl adjacent to an activating group) is 1. The summed E-state index contributed by atoms with van der Waals surface area (Å²) in [4.78, 5) is 24.6. The Hall–Kier alpha value is -1.10. The van der Waals surface area contributed by atoms with Crippen molar-refractivity contribution in [2.75, 3.05) is 13.6 Å². The Labute approximate surface area is 96.4 Å². The number of nitrogens with zero attached hydrogens (tertiary/aromatic N) is 1. The predicted molar refractivity (Wildman–Crippen MR) is 61.6 cm³/mol. The second-order valence-electron chi connectivity index (χ2n) is 4.81. The molecule has 0 heterocycles. The van der Waals surface area contributed by atoms with Crippen LogP contribution in [0.15, 0.2) is 0 Å². The molecule has 2 amide bonds. The van der Waals surface area contributed by atoms with Gasteiger partial charge in [0, 0.05) is 13.1 Å². The fourth-order valence-electron chi connectivity index (χ4n) is 1.33. The first-order chi connectivity index (χ1) is 7.41. The van der Waals surface area contributed by atoms with E-state index in [-0.39, 0.29) is 24.3 Å². The SMILES string of the molecule is CC(C)[C@@H](N)C(=O)N(C)CC(=O)NC1CC1. The Kier molecular flexibility index (Phi) is 4.29. The first-order valence-corrected chi connectivity index (χ1v) is 5.71. The van der Waals surface area contributed by atoms with E-state index in [1.54, 1.807) is 7.05 Å². The second kappa shape index (κ2) is 5.30. The van der Waals surface area contributed by atoms with Crippen LogP contribution in [-0.4, -0.2) is 42.4 Å². The summed E-state index contributed by atoms with van der Waals surface area (Å²) < 4.78 is 0. The molecule has 0 aromatic carbocycles. The van der Waals surface area contributed by atoms with Gasteiger partial charge in [0.1, 0.15) is 0 Å². The summed E-state index contributed by atoms with van der Waals surface area (Å²) in [6.07, 6.45) is 2.10. The summed E-state index contributed by atoms with van der Waals surface area (Å²) in [5, 5.41) is 2.83. The monoisotopic (exact) mass is 227 g/mol. The minimum absolute atomic E-state index is 0.0847. The van der Waals surface area contributed by atoms with Gasteiger partial charge < -0.3 is 16.0 Å². The lowest BCUT2D eigenvalue weighted by atomic mass is 10.0. The summed E-state index contributed by atoms with van der Waals surface area (Å²) in [7, 11) is 1.61. The van der Waals surface area contributed by atoms with Gasteiger partial charge in [-0.25, -0.2) is 0 Å². The molecule has 5 nitrogen and oxygen atoms in total. The third-order valence-corrected chi connectivity index (χ3v) is 2.70. The van der Waals surface area contributed by atoms with E-state index in [1.807, 2.05) is 13.8 Å². The molecule has 3 N–H and O–H groups in total. The number of amides is 2. The van der Waals surface area contributed by atoms with Crippen LogP contribution in [0, 0.1) is 5.92 Å². The summed E-state index contributed by atoms with van der Waals surface area (Å²) in [5.41, 5.74) is 5.73. The Morgan fingerprint density at radius 2 is 2.00 bits per heavy atom. The van der Waals surface area contributed by atoms with Gasteiger partial charge in [-0.1, -0.05) is 13.8 Å². The number of rotatable bonds is 5. The summed E-state index contributed by atoms with van der Waals surface area (Å²) in [6, 6.07) is -0.200. The quantitative estimate of drug-likeness (QED) is 0.677. The Bertz CT molecular complexity index is 274. The van der Waals surface area contributed by atoms with Crippen molar-refractivity contribution in [3.8, 4) is 0 Å². The van der Waals surface area contributed by atoms with Crippen molar-refractivity contribution in [1.29, 1.82) is 0 Å². The molecule has 5 heteroatoms. The van der Waals surface area contributed by atoms with Crippen molar-refractivity contribution in [1.82, 2.24) is 10.2 Å². The van der Waals surface area contributed by atoms with Crippen LogP contribution in [0.25, 0.3) is 0 Å². The van der Waals surface area contributed by atoms with Crippen LogP contribution in [0.2, 0.25) is 0 Å². The highest BCUT2D eigenvalue weighted by Crippen LogP contribution is 2.18. The Morgan fingerprint density at radius 1 is 1.44 bits per heavy atom. The maximum atomic E-state index is 11.7. The van der Waals surface area contributed by atoms with Crippen molar-refractivity contribution in [3.05, 3.63) is 0 Å². The number of hydrogen-bond donors (Lipinski definition) is 2. The third-order valence-electron chi connectivity index (χ3n) is 2.70. The normalized spacial score (nSPS) is 17.1. The summed E-state index contributed by atoms with van der Waals surface area (Å²) in [5.74, 6) is -0.198. The zero-order valence-electron chi connectivity index (χ0n) is 10.2. The molecule has 92 valence electrons. The molecule has 1 fully saturated rings. The van der Waals surface area contributed by atoms with E-state index in [4.69, 9.17) is 5.73 Å². The summed E-state index contributed by atoms with van der Waals surface area (Å²) >= 11 is 0. The van der Waals surface area contributed by atoms with Crippen molar-refractivity contribution in [2.24, 2.45) is 11.7 Å². The topological polar surface area (TPSA) is 75.4 Å². The van der Waals surface area contributed by atoms with Crippen LogP contribution >= 0.6 is 0 Å². The van der Waals surface area contributed by atoms with Gasteiger partial charge in [0.05, 0.1) is 12.6 Å². The lowest BCUT2D eigenvalue weighted by molar-refractivity contribution is -0.136. The van der Waals surface area contributed by atoms with Gasteiger partial charge in [-0.2, -0.15) is 0 Å². The molecule has 1 aliphatic carbocycles. The molecule has 0 bridgehead atoms. The van der Waals surface area contributed by atoms with E-state index in [9.17, 15) is 9.59 Å². The van der Waals surface area contributed by atoms with Crippen LogP contribution in [0.5, 0.6) is 0 Å². The standard InChI is InChI=1S/C11H21N3O2/c1-7(2)10(12)11(16)14(3)6-9(15)13-8-4-5-8/h7-8,10H,4-6,12H2,1-3H3,(H,13,15)/t10-/m1/s1. The van der Waals surface area contributed by atoms with Gasteiger partial charge in [-0.3, -0.25) is 9.59 Å². The average molecular weight is 227 g/mol. The fraction of sp³-hybridized carbons (Fsp3) is 0.818. The third kappa shape index (κ3) is 3.81. The maximum Gasteiger partial charge on any atom is 0.239 e. The molecule has 0 radical (unpaired) electrons. The Morgan fingerprint density at radius 3 is 2.44 bits per heavy atom. The van der Waals surface area contributed by atoms with Gasteiger partial charge >= 0.3 is 0 Å². The molecule has 1 saturated carbocycles. The molecular weight excluding hydrogens is 206 g/mol. The lowest BCUT2D eigenvalue weighted by Gasteiger charge is -2.22. The van der Waals surface area contributed by atoms with Gasteiger partial charge in [-0.15, -0.1) is 0 Å². The van der Waals surface area contributed by atoms with E-state index in [1.165, 1.54) is 4.90 Å². The highest BCUT2D eigenvalue weighted by atomic mass is 16.2. The lowest BCUT2D eigenvalue weighted by Crippen LogP contribution is -2.48. The van der Waals surface area contributed by atoms with Gasteiger partial charge in [0.15, 0.2) is 0 Å². The van der Waals surface area contributed by atoms with Crippen LogP contribution < -0.4 is 11.1 Å². The number of nitrogens with two attached hydrogens (primary N) is 1. The molecule has 1 atom stereocenters. The molecule has 16 heavy (non-hydrogen) atoms. The average Bonchev–Trinajstić information content (AvgIpc) is 2.98. The highest BCUT2D eigenvalue weighted by molar-refractivity contribution is 5.87. The van der Waals surface area contributed by atoms with E-state index in [0.29, 0.717) is 6.04 Å². The highest BCUT2D eigenvalue weighted by Gasteiger charge is 2.26. The van der Waals surface area contributed by atoms with Gasteiger partial charge in [0.2, 0.25) is 11.8 Å². The number of carbonyl (C=O) groups is 2. The zero-order chi connectivity index (χ0) is 12.3. The number of hydrogen-bond acceptors (Lipinski definition) is 3. The van der Waals surface area contributed by atoms with Crippen molar-refractivity contribution < 1.29 is 9.59 Å². The second-order valence-corrected chi connectivity index (χ2v) is 4.81. The smallest absolute Gasteiger partial charge is 0.239 e. The van der Waals surface area contributed by atoms with Crippen molar-refractivity contribution >= 4 is 11.8 Å². The summed E-state index contributed by atoms with van der Waals surface area (Å²) in [6.45, 7) is 3.87. The molecule has 0 saturated heterocycles. The Balaban J connectivity index is 2.34. The minimum atomic E-state index is -0.529. The van der Waals surface area contributed by atoms with E-state index in [0.717, 1.165) is 12.8 Å². The van der Waals surface area contributed by atoms with E-state index < -0.39 is 6.04 Å². The van der Waals surface area contributed by atoms with Gasteiger partial charge in [-0.05, 0) is 18.8 Å². The minimum Gasteiger partial charge on any atom is -0.352 e. The van der Waals surface area contributed by atoms with Crippen LogP contribution in [0.1, 0.15) is 26.7 Å². The molecule has 0 unspecified atom stereocenters. The van der Waals surface area contributed by atoms with Crippen LogP contribution in [-0.2, 0) is 9.59 Å². The number of nitrogens with one attached hydrogen (secondary N) is 1. The number of carbonyl (C=O) groups excluding carboxylic acids is 2. The molecular formula is C11H21N3O2. The molecule has 0 aromatic rings. The molecule has 1 rings (SSSR count). The maximum absolute atomic E-state index is 11.7. The van der Waals surface area contributed by atoms with Crippen molar-refractivity contribution in [2.45, 2.75) is 38.8 Å². The molecule has 0 aliphatic heterocycles. The first-order valence-electron chi connectivity index (χ1n) is 5.71. The molecule has 1 aliphatic rings. The molecule has 0 spiro atoms. The first kappa shape index (κ1) is 13.0. The van der Waals surface area contributed by atoms with E-state index in [2.05, 4.69) is 5.32 Å². The molecule has 0 aromatic heterocycles. The largest absolute Gasteiger partial charge is 0.352 e. The van der Waals surface area contributed by atoms with Crippen LogP contribution in [0.4, 0.5) is 0 Å². The van der Waals surface area contributed by atoms with E-state index >= 15 is 0 Å². The predicted octanol–water partition coefficient (Wildman–Crippen LogP) is -0.293. The fourth-order valence-corrected chi connectivity index (χ4v) is 1.33. The van der Waals surface area contributed by atoms with Gasteiger partial charge in [0.25, 0.3) is 0 Å². The zero-order valence-corrected chi connectivity index (χ0v) is 10.2. The van der Waals surface area contributed by atoms with Crippen LogP contribution in [0.3, 0.4) is 0 Å². The van der Waals surface area contributed by atoms with Crippen molar-refractivity contribution in [3.63, 3.8) is 0 Å².